The van der Waals surface area contributed by atoms with Crippen LogP contribution in [0.25, 0.3) is 0 Å². The van der Waals surface area contributed by atoms with E-state index in [4.69, 9.17) is 12.8 Å². The summed E-state index contributed by atoms with van der Waals surface area (Å²) in [6.07, 6.45) is 8.98. The molecule has 0 saturated carbocycles. The summed E-state index contributed by atoms with van der Waals surface area (Å²) >= 11 is 0. The summed E-state index contributed by atoms with van der Waals surface area (Å²) in [5.74, 6) is 3.67. The van der Waals surface area contributed by atoms with E-state index in [1.165, 1.54) is 6.92 Å². The molecule has 11 heavy (non-hydrogen) atoms. The topological polar surface area (TPSA) is 26.3 Å². The van der Waals surface area contributed by atoms with E-state index in [9.17, 15) is 4.79 Å². The highest BCUT2D eigenvalue weighted by atomic mass is 16.5. The Balaban J connectivity index is 4.08. The van der Waals surface area contributed by atoms with E-state index in [2.05, 4.69) is 23.2 Å². The van der Waals surface area contributed by atoms with Crippen molar-refractivity contribution in [1.29, 1.82) is 0 Å². The molecule has 0 rings (SSSR count). The van der Waals surface area contributed by atoms with Gasteiger partial charge in [-0.2, -0.15) is 0 Å². The molecule has 0 bridgehead atoms. The molecule has 0 heterocycles. The first-order valence-electron chi connectivity index (χ1n) is 2.90. The fourth-order valence-corrected chi connectivity index (χ4v) is 0.324. The van der Waals surface area contributed by atoms with Gasteiger partial charge < -0.3 is 4.74 Å². The van der Waals surface area contributed by atoms with Crippen molar-refractivity contribution in [3.8, 4) is 24.7 Å². The van der Waals surface area contributed by atoms with E-state index < -0.39 is 12.1 Å². The third-order valence-corrected chi connectivity index (χ3v) is 0.876. The highest BCUT2D eigenvalue weighted by Crippen LogP contribution is 1.96. The number of rotatable bonds is 2. The summed E-state index contributed by atoms with van der Waals surface area (Å²) in [6.45, 7) is 4.89. The Morgan fingerprint density at radius 1 is 1.55 bits per heavy atom. The zero-order valence-corrected chi connectivity index (χ0v) is 6.26. The summed E-state index contributed by atoms with van der Waals surface area (Å²) in [6, 6.07) is 0. The molecule has 0 N–H and O–H groups in total. The predicted molar refractivity (Wildman–Crippen MR) is 42.4 cm³/mol. The maximum atomic E-state index is 10.8. The second-order valence-electron chi connectivity index (χ2n) is 1.90. The standard InChI is InChI=1S/C9H8O2/c1-5-8(6-2)11-9(10)7(3)4/h1-2,8H,3H2,4H3. The van der Waals surface area contributed by atoms with Gasteiger partial charge in [0.15, 0.2) is 0 Å². The Morgan fingerprint density at radius 2 is 2.00 bits per heavy atom. The first kappa shape index (κ1) is 9.33. The second-order valence-corrected chi connectivity index (χ2v) is 1.90. The smallest absolute Gasteiger partial charge is 0.335 e. The van der Waals surface area contributed by atoms with Gasteiger partial charge in [-0.05, 0) is 18.8 Å². The Bertz CT molecular complexity index is 236. The molecule has 2 heteroatoms. The van der Waals surface area contributed by atoms with Gasteiger partial charge in [-0.3, -0.25) is 0 Å². The van der Waals surface area contributed by atoms with Crippen LogP contribution < -0.4 is 0 Å². The molecule has 0 spiro atoms. The molecule has 2 nitrogen and oxygen atoms in total. The summed E-state index contributed by atoms with van der Waals surface area (Å²) in [4.78, 5) is 10.8. The first-order chi connectivity index (χ1) is 5.11. The van der Waals surface area contributed by atoms with Gasteiger partial charge in [0, 0.05) is 5.57 Å². The molecule has 0 saturated heterocycles. The Labute approximate surface area is 66.2 Å². The van der Waals surface area contributed by atoms with Crippen LogP contribution in [0.5, 0.6) is 0 Å². The number of terminal acetylenes is 2. The van der Waals surface area contributed by atoms with Crippen molar-refractivity contribution >= 4 is 5.97 Å². The van der Waals surface area contributed by atoms with E-state index in [-0.39, 0.29) is 5.57 Å². The molecule has 0 aliphatic rings. The summed E-state index contributed by atoms with van der Waals surface area (Å²) in [5, 5.41) is 0. The van der Waals surface area contributed by atoms with Gasteiger partial charge >= 0.3 is 5.97 Å². The van der Waals surface area contributed by atoms with Crippen LogP contribution in [0.3, 0.4) is 0 Å². The Hall–Kier alpha value is -1.67. The molecular weight excluding hydrogens is 140 g/mol. The van der Waals surface area contributed by atoms with Crippen LogP contribution in [0.1, 0.15) is 6.92 Å². The number of esters is 1. The maximum absolute atomic E-state index is 10.8. The van der Waals surface area contributed by atoms with Gasteiger partial charge in [-0.15, -0.1) is 12.8 Å². The first-order valence-corrected chi connectivity index (χ1v) is 2.90. The number of carbonyl (C=O) groups is 1. The third-order valence-electron chi connectivity index (χ3n) is 0.876. The van der Waals surface area contributed by atoms with Crippen LogP contribution in [-0.2, 0) is 9.53 Å². The molecule has 0 atom stereocenters. The predicted octanol–water partition coefficient (Wildman–Crippen LogP) is 0.741. The minimum atomic E-state index is -0.890. The maximum Gasteiger partial charge on any atom is 0.335 e. The van der Waals surface area contributed by atoms with Crippen molar-refractivity contribution in [3.63, 3.8) is 0 Å². The van der Waals surface area contributed by atoms with Crippen molar-refractivity contribution < 1.29 is 9.53 Å². The van der Waals surface area contributed by atoms with Crippen molar-refractivity contribution in [2.24, 2.45) is 0 Å². The van der Waals surface area contributed by atoms with Crippen LogP contribution in [0.2, 0.25) is 0 Å². The van der Waals surface area contributed by atoms with E-state index in [0.717, 1.165) is 0 Å². The SMILES string of the molecule is C#CC(C#C)OC(=O)C(=C)C. The molecule has 0 aromatic heterocycles. The molecule has 0 aromatic carbocycles. The van der Waals surface area contributed by atoms with Crippen LogP contribution in [0.4, 0.5) is 0 Å². The lowest BCUT2D eigenvalue weighted by atomic mass is 10.3. The molecule has 0 aliphatic carbocycles. The lowest BCUT2D eigenvalue weighted by Crippen LogP contribution is -2.14. The summed E-state index contributed by atoms with van der Waals surface area (Å²) < 4.78 is 4.60. The van der Waals surface area contributed by atoms with Crippen molar-refractivity contribution in [1.82, 2.24) is 0 Å². The van der Waals surface area contributed by atoms with Gasteiger partial charge in [0.2, 0.25) is 6.10 Å². The molecular formula is C9H8O2. The Morgan fingerprint density at radius 3 is 2.27 bits per heavy atom. The molecule has 0 fully saturated rings. The fraction of sp³-hybridized carbons (Fsp3) is 0.222. The third kappa shape index (κ3) is 3.13. The Kier molecular flexibility index (Phi) is 3.56. The fourth-order valence-electron chi connectivity index (χ4n) is 0.324. The van der Waals surface area contributed by atoms with Crippen molar-refractivity contribution in [2.75, 3.05) is 0 Å². The minimum absolute atomic E-state index is 0.278. The van der Waals surface area contributed by atoms with Gasteiger partial charge in [0.25, 0.3) is 0 Å². The largest absolute Gasteiger partial charge is 0.434 e. The van der Waals surface area contributed by atoms with Crippen LogP contribution in [0.15, 0.2) is 12.2 Å². The highest BCUT2D eigenvalue weighted by Gasteiger charge is 2.07. The molecule has 0 unspecified atom stereocenters. The van der Waals surface area contributed by atoms with E-state index in [1.54, 1.807) is 0 Å². The van der Waals surface area contributed by atoms with Gasteiger partial charge in [-0.25, -0.2) is 4.79 Å². The number of carbonyl (C=O) groups excluding carboxylic acids is 1. The lowest BCUT2D eigenvalue weighted by Gasteiger charge is -2.04. The molecule has 0 amide bonds. The normalized spacial score (nSPS) is 8.00. The number of hydrogen-bond donors (Lipinski definition) is 0. The van der Waals surface area contributed by atoms with Gasteiger partial charge in [-0.1, -0.05) is 6.58 Å². The lowest BCUT2D eigenvalue weighted by molar-refractivity contribution is -0.139. The average molecular weight is 148 g/mol. The van der Waals surface area contributed by atoms with E-state index >= 15 is 0 Å². The molecule has 56 valence electrons. The molecule has 0 radical (unpaired) electrons. The van der Waals surface area contributed by atoms with E-state index in [0.29, 0.717) is 0 Å². The number of hydrogen-bond acceptors (Lipinski definition) is 2. The van der Waals surface area contributed by atoms with Crippen LogP contribution in [0, 0.1) is 24.7 Å². The molecule has 0 aromatic rings. The summed E-state index contributed by atoms with van der Waals surface area (Å²) in [5.41, 5.74) is 0.278. The quantitative estimate of drug-likeness (QED) is 0.328. The van der Waals surface area contributed by atoms with E-state index in [1.807, 2.05) is 0 Å². The second kappa shape index (κ2) is 4.19. The zero-order valence-electron chi connectivity index (χ0n) is 6.26. The monoisotopic (exact) mass is 148 g/mol. The highest BCUT2D eigenvalue weighted by molar-refractivity contribution is 5.87. The zero-order chi connectivity index (χ0) is 8.85. The van der Waals surface area contributed by atoms with Gasteiger partial charge in [0.1, 0.15) is 0 Å². The van der Waals surface area contributed by atoms with Crippen LogP contribution in [-0.4, -0.2) is 12.1 Å². The van der Waals surface area contributed by atoms with Crippen molar-refractivity contribution in [3.05, 3.63) is 12.2 Å². The van der Waals surface area contributed by atoms with Gasteiger partial charge in [0.05, 0.1) is 0 Å². The molecule has 0 aliphatic heterocycles. The van der Waals surface area contributed by atoms with Crippen molar-refractivity contribution in [2.45, 2.75) is 13.0 Å². The minimum Gasteiger partial charge on any atom is -0.434 e. The number of ether oxygens (including phenoxy) is 1. The summed E-state index contributed by atoms with van der Waals surface area (Å²) in [7, 11) is 0. The average Bonchev–Trinajstić information content (AvgIpc) is 1.99. The van der Waals surface area contributed by atoms with Crippen LogP contribution >= 0.6 is 0 Å².